The smallest absolute Gasteiger partial charge is 0.213 e. The fourth-order valence-corrected chi connectivity index (χ4v) is 0.915. The van der Waals surface area contributed by atoms with E-state index < -0.39 is 11.4 Å². The molecule has 0 aliphatic rings. The summed E-state index contributed by atoms with van der Waals surface area (Å²) in [6.07, 6.45) is 1.40. The lowest BCUT2D eigenvalue weighted by Gasteiger charge is -2.21. The van der Waals surface area contributed by atoms with Crippen LogP contribution in [-0.2, 0) is 5.41 Å². The van der Waals surface area contributed by atoms with Gasteiger partial charge in [-0.3, -0.25) is 0 Å². The molecule has 1 heterocycles. The van der Waals surface area contributed by atoms with Crippen molar-refractivity contribution in [3.8, 4) is 0 Å². The lowest BCUT2D eigenvalue weighted by atomic mass is 9.86. The first-order valence-corrected chi connectivity index (χ1v) is 3.79. The van der Waals surface area contributed by atoms with Gasteiger partial charge in [-0.1, -0.05) is 13.8 Å². The van der Waals surface area contributed by atoms with Crippen LogP contribution in [0.15, 0.2) is 18.3 Å². The van der Waals surface area contributed by atoms with Crippen LogP contribution in [0.4, 0.5) is 4.39 Å². The van der Waals surface area contributed by atoms with E-state index in [4.69, 9.17) is 5.11 Å². The minimum absolute atomic E-state index is 0.00352. The van der Waals surface area contributed by atoms with Crippen molar-refractivity contribution in [1.29, 1.82) is 0 Å². The topological polar surface area (TPSA) is 33.1 Å². The second-order valence-corrected chi connectivity index (χ2v) is 3.41. The molecule has 0 unspecified atom stereocenters. The molecule has 0 saturated carbocycles. The third kappa shape index (κ3) is 1.80. The third-order valence-electron chi connectivity index (χ3n) is 1.90. The number of halogens is 1. The maximum absolute atomic E-state index is 12.6. The zero-order chi connectivity index (χ0) is 9.19. The summed E-state index contributed by atoms with van der Waals surface area (Å²) < 4.78 is 12.6. The van der Waals surface area contributed by atoms with Gasteiger partial charge in [-0.2, -0.15) is 4.39 Å². The number of aliphatic hydroxyl groups is 1. The highest BCUT2D eigenvalue weighted by molar-refractivity contribution is 5.20. The maximum Gasteiger partial charge on any atom is 0.213 e. The molecule has 1 aromatic rings. The monoisotopic (exact) mass is 169 g/mol. The molecule has 1 aromatic heterocycles. The van der Waals surface area contributed by atoms with Gasteiger partial charge in [0, 0.05) is 11.6 Å². The van der Waals surface area contributed by atoms with Crippen LogP contribution in [0.2, 0.25) is 0 Å². The van der Waals surface area contributed by atoms with Gasteiger partial charge in [0.05, 0.1) is 6.61 Å². The summed E-state index contributed by atoms with van der Waals surface area (Å²) in [5, 5.41) is 9.00. The minimum Gasteiger partial charge on any atom is -0.395 e. The van der Waals surface area contributed by atoms with E-state index in [1.807, 2.05) is 13.8 Å². The van der Waals surface area contributed by atoms with Crippen molar-refractivity contribution in [1.82, 2.24) is 4.98 Å². The van der Waals surface area contributed by atoms with Crippen LogP contribution in [0.5, 0.6) is 0 Å². The van der Waals surface area contributed by atoms with Gasteiger partial charge >= 0.3 is 0 Å². The molecule has 0 aliphatic heterocycles. The van der Waals surface area contributed by atoms with Crippen molar-refractivity contribution >= 4 is 0 Å². The predicted octanol–water partition coefficient (Wildman–Crippen LogP) is 1.49. The molecule has 0 atom stereocenters. The molecule has 0 saturated heterocycles. The van der Waals surface area contributed by atoms with E-state index in [2.05, 4.69) is 4.98 Å². The molecule has 2 nitrogen and oxygen atoms in total. The fourth-order valence-electron chi connectivity index (χ4n) is 0.915. The maximum atomic E-state index is 12.6. The van der Waals surface area contributed by atoms with Gasteiger partial charge in [-0.05, 0) is 17.7 Å². The van der Waals surface area contributed by atoms with Crippen molar-refractivity contribution < 1.29 is 9.50 Å². The van der Waals surface area contributed by atoms with Crippen LogP contribution in [0.25, 0.3) is 0 Å². The summed E-state index contributed by atoms with van der Waals surface area (Å²) in [5.41, 5.74) is 0.363. The molecule has 3 heteroatoms. The Morgan fingerprint density at radius 3 is 2.75 bits per heavy atom. The van der Waals surface area contributed by atoms with Crippen LogP contribution < -0.4 is 0 Å². The summed E-state index contributed by atoms with van der Waals surface area (Å²) in [6.45, 7) is 3.69. The van der Waals surface area contributed by atoms with Gasteiger partial charge in [-0.15, -0.1) is 0 Å². The van der Waals surface area contributed by atoms with Crippen molar-refractivity contribution in [3.05, 3.63) is 29.8 Å². The molecule has 12 heavy (non-hydrogen) atoms. The van der Waals surface area contributed by atoms with E-state index in [1.165, 1.54) is 12.3 Å². The highest BCUT2D eigenvalue weighted by atomic mass is 19.1. The van der Waals surface area contributed by atoms with Crippen molar-refractivity contribution in [3.63, 3.8) is 0 Å². The van der Waals surface area contributed by atoms with Crippen LogP contribution in [0.1, 0.15) is 19.4 Å². The molecule has 0 aromatic carbocycles. The Labute approximate surface area is 71.1 Å². The Bertz CT molecular complexity index is 273. The minimum atomic E-state index is -0.506. The normalized spacial score (nSPS) is 11.7. The third-order valence-corrected chi connectivity index (χ3v) is 1.90. The average Bonchev–Trinajstić information content (AvgIpc) is 2.05. The van der Waals surface area contributed by atoms with Crippen LogP contribution in [0, 0.1) is 5.95 Å². The van der Waals surface area contributed by atoms with Crippen LogP contribution in [-0.4, -0.2) is 16.7 Å². The van der Waals surface area contributed by atoms with Gasteiger partial charge < -0.3 is 5.11 Å². The van der Waals surface area contributed by atoms with E-state index in [0.717, 1.165) is 5.56 Å². The number of aromatic nitrogens is 1. The Morgan fingerprint density at radius 1 is 1.58 bits per heavy atom. The molecule has 0 fully saturated rings. The highest BCUT2D eigenvalue weighted by Gasteiger charge is 2.19. The number of pyridine rings is 1. The van der Waals surface area contributed by atoms with E-state index >= 15 is 0 Å². The number of nitrogens with zero attached hydrogens (tertiary/aromatic N) is 1. The predicted molar refractivity (Wildman–Crippen MR) is 44.3 cm³/mol. The zero-order valence-electron chi connectivity index (χ0n) is 7.21. The van der Waals surface area contributed by atoms with Crippen molar-refractivity contribution in [2.24, 2.45) is 0 Å². The lowest BCUT2D eigenvalue weighted by Crippen LogP contribution is -2.22. The summed E-state index contributed by atoms with van der Waals surface area (Å²) in [4.78, 5) is 3.44. The van der Waals surface area contributed by atoms with E-state index in [-0.39, 0.29) is 6.61 Å². The Hall–Kier alpha value is -0.960. The molecule has 0 aliphatic carbocycles. The molecule has 0 radical (unpaired) electrons. The van der Waals surface area contributed by atoms with Gasteiger partial charge in [0.25, 0.3) is 0 Å². The van der Waals surface area contributed by atoms with Gasteiger partial charge in [0.15, 0.2) is 0 Å². The number of rotatable bonds is 2. The van der Waals surface area contributed by atoms with E-state index in [9.17, 15) is 4.39 Å². The average molecular weight is 169 g/mol. The fraction of sp³-hybridized carbons (Fsp3) is 0.444. The van der Waals surface area contributed by atoms with Crippen molar-refractivity contribution in [2.45, 2.75) is 19.3 Å². The van der Waals surface area contributed by atoms with Crippen molar-refractivity contribution in [2.75, 3.05) is 6.61 Å². The summed E-state index contributed by atoms with van der Waals surface area (Å²) >= 11 is 0. The zero-order valence-corrected chi connectivity index (χ0v) is 7.21. The first kappa shape index (κ1) is 9.13. The van der Waals surface area contributed by atoms with Gasteiger partial charge in [-0.25, -0.2) is 4.98 Å². The molecule has 66 valence electrons. The first-order chi connectivity index (χ1) is 5.56. The van der Waals surface area contributed by atoms with Gasteiger partial charge in [0.2, 0.25) is 5.95 Å². The van der Waals surface area contributed by atoms with E-state index in [1.54, 1.807) is 6.07 Å². The molecular weight excluding hydrogens is 157 g/mol. The summed E-state index contributed by atoms with van der Waals surface area (Å²) in [5.74, 6) is -0.506. The number of aliphatic hydroxyl groups excluding tert-OH is 1. The number of hydrogen-bond donors (Lipinski definition) is 1. The van der Waals surface area contributed by atoms with E-state index in [0.29, 0.717) is 0 Å². The van der Waals surface area contributed by atoms with Crippen LogP contribution >= 0.6 is 0 Å². The quantitative estimate of drug-likeness (QED) is 0.680. The van der Waals surface area contributed by atoms with Crippen LogP contribution in [0.3, 0.4) is 0 Å². The molecule has 1 N–H and O–H groups in total. The Morgan fingerprint density at radius 2 is 2.25 bits per heavy atom. The lowest BCUT2D eigenvalue weighted by molar-refractivity contribution is 0.218. The highest BCUT2D eigenvalue weighted by Crippen LogP contribution is 2.21. The largest absolute Gasteiger partial charge is 0.395 e. The second kappa shape index (κ2) is 3.19. The number of hydrogen-bond acceptors (Lipinski definition) is 2. The molecule has 0 spiro atoms. The summed E-state index contributed by atoms with van der Waals surface area (Å²) in [6, 6.07) is 3.05. The molecule has 0 bridgehead atoms. The SMILES string of the molecule is CC(C)(CO)c1ccnc(F)c1. The standard InChI is InChI=1S/C9H12FNO/c1-9(2,6-12)7-3-4-11-8(10)5-7/h3-5,12H,6H2,1-2H3. The second-order valence-electron chi connectivity index (χ2n) is 3.41. The Kier molecular flexibility index (Phi) is 2.43. The summed E-state index contributed by atoms with van der Waals surface area (Å²) in [7, 11) is 0. The Balaban J connectivity index is 3.03. The molecular formula is C9H12FNO. The molecule has 1 rings (SSSR count). The first-order valence-electron chi connectivity index (χ1n) is 3.79. The molecule has 0 amide bonds. The van der Waals surface area contributed by atoms with Gasteiger partial charge in [0.1, 0.15) is 0 Å².